The maximum absolute atomic E-state index is 4.37. The molecular formula is C13H25N3. The number of rotatable bonds is 7. The summed E-state index contributed by atoms with van der Waals surface area (Å²) in [7, 11) is 0. The summed E-state index contributed by atoms with van der Waals surface area (Å²) in [6, 6.07) is 1.10. The Balaban J connectivity index is 2.48. The minimum Gasteiger partial charge on any atom is -0.332 e. The lowest BCUT2D eigenvalue weighted by Crippen LogP contribution is -2.29. The molecule has 0 aliphatic carbocycles. The van der Waals surface area contributed by atoms with Crippen molar-refractivity contribution in [3.05, 3.63) is 18.2 Å². The molecule has 16 heavy (non-hydrogen) atoms. The van der Waals surface area contributed by atoms with Crippen LogP contribution < -0.4 is 5.32 Å². The Kier molecular flexibility index (Phi) is 5.53. The van der Waals surface area contributed by atoms with E-state index < -0.39 is 0 Å². The van der Waals surface area contributed by atoms with Gasteiger partial charge in [0.1, 0.15) is 5.82 Å². The van der Waals surface area contributed by atoms with Crippen LogP contribution in [0.25, 0.3) is 0 Å². The summed E-state index contributed by atoms with van der Waals surface area (Å²) in [5, 5.41) is 3.53. The highest BCUT2D eigenvalue weighted by molar-refractivity contribution is 4.94. The molecular weight excluding hydrogens is 198 g/mol. The van der Waals surface area contributed by atoms with Crippen molar-refractivity contribution in [1.29, 1.82) is 0 Å². The molecule has 0 saturated heterocycles. The van der Waals surface area contributed by atoms with Gasteiger partial charge in [0.25, 0.3) is 0 Å². The Morgan fingerprint density at radius 1 is 1.38 bits per heavy atom. The van der Waals surface area contributed by atoms with E-state index in [1.165, 1.54) is 12.2 Å². The fourth-order valence-corrected chi connectivity index (χ4v) is 2.12. The number of nitrogens with one attached hydrogen (secondary N) is 1. The Morgan fingerprint density at radius 2 is 2.12 bits per heavy atom. The van der Waals surface area contributed by atoms with Gasteiger partial charge < -0.3 is 9.88 Å². The summed E-state index contributed by atoms with van der Waals surface area (Å²) in [5.41, 5.74) is 0. The van der Waals surface area contributed by atoms with Gasteiger partial charge in [-0.05, 0) is 33.2 Å². The molecule has 0 radical (unpaired) electrons. The molecule has 2 atom stereocenters. The predicted molar refractivity (Wildman–Crippen MR) is 68.7 cm³/mol. The SMILES string of the molecule is CCCNC(C)CC(C)n1ccnc1CC. The fraction of sp³-hybridized carbons (Fsp3) is 0.769. The van der Waals surface area contributed by atoms with Crippen LogP contribution in [0, 0.1) is 0 Å². The second-order valence-electron chi connectivity index (χ2n) is 4.54. The molecule has 1 heterocycles. The summed E-state index contributed by atoms with van der Waals surface area (Å²) in [6.07, 6.45) is 7.36. The molecule has 0 amide bonds. The molecule has 3 nitrogen and oxygen atoms in total. The summed E-state index contributed by atoms with van der Waals surface area (Å²) in [4.78, 5) is 4.37. The van der Waals surface area contributed by atoms with E-state index in [1.807, 2.05) is 6.20 Å². The van der Waals surface area contributed by atoms with E-state index in [0.29, 0.717) is 12.1 Å². The van der Waals surface area contributed by atoms with Gasteiger partial charge >= 0.3 is 0 Å². The topological polar surface area (TPSA) is 29.9 Å². The van der Waals surface area contributed by atoms with Crippen LogP contribution in [0.4, 0.5) is 0 Å². The summed E-state index contributed by atoms with van der Waals surface area (Å²) < 4.78 is 2.30. The zero-order valence-corrected chi connectivity index (χ0v) is 11.0. The van der Waals surface area contributed by atoms with Gasteiger partial charge in [0.15, 0.2) is 0 Å². The Labute approximate surface area is 99.3 Å². The van der Waals surface area contributed by atoms with E-state index in [-0.39, 0.29) is 0 Å². The first kappa shape index (κ1) is 13.2. The van der Waals surface area contributed by atoms with Gasteiger partial charge in [-0.1, -0.05) is 13.8 Å². The first-order valence-corrected chi connectivity index (χ1v) is 6.44. The molecule has 1 N–H and O–H groups in total. The van der Waals surface area contributed by atoms with E-state index in [9.17, 15) is 0 Å². The quantitative estimate of drug-likeness (QED) is 0.770. The van der Waals surface area contributed by atoms with Gasteiger partial charge in [0.05, 0.1) is 0 Å². The monoisotopic (exact) mass is 223 g/mol. The molecule has 0 spiro atoms. The number of imidazole rings is 1. The molecule has 0 fully saturated rings. The van der Waals surface area contributed by atoms with Crippen LogP contribution in [0.3, 0.4) is 0 Å². The molecule has 0 aromatic carbocycles. The lowest BCUT2D eigenvalue weighted by molar-refractivity contribution is 0.406. The van der Waals surface area contributed by atoms with E-state index in [1.54, 1.807) is 0 Å². The van der Waals surface area contributed by atoms with E-state index in [0.717, 1.165) is 19.4 Å². The molecule has 0 bridgehead atoms. The van der Waals surface area contributed by atoms with Crippen LogP contribution in [0.2, 0.25) is 0 Å². The number of hydrogen-bond donors (Lipinski definition) is 1. The van der Waals surface area contributed by atoms with Crippen molar-refractivity contribution in [3.8, 4) is 0 Å². The fourth-order valence-electron chi connectivity index (χ4n) is 2.12. The Hall–Kier alpha value is -0.830. The van der Waals surface area contributed by atoms with Crippen molar-refractivity contribution in [2.45, 2.75) is 59.0 Å². The van der Waals surface area contributed by atoms with Crippen LogP contribution in [-0.2, 0) is 6.42 Å². The average Bonchev–Trinajstić information content (AvgIpc) is 2.74. The number of nitrogens with zero attached hydrogens (tertiary/aromatic N) is 2. The number of hydrogen-bond acceptors (Lipinski definition) is 2. The van der Waals surface area contributed by atoms with Gasteiger partial charge in [-0.25, -0.2) is 4.98 Å². The molecule has 1 aromatic heterocycles. The van der Waals surface area contributed by atoms with Crippen molar-refractivity contribution in [2.24, 2.45) is 0 Å². The highest BCUT2D eigenvalue weighted by Gasteiger charge is 2.11. The Bertz CT molecular complexity index is 293. The molecule has 0 aliphatic heterocycles. The maximum atomic E-state index is 4.37. The normalized spacial score (nSPS) is 15.0. The minimum absolute atomic E-state index is 0.525. The summed E-state index contributed by atoms with van der Waals surface area (Å²) in [5.74, 6) is 1.19. The lowest BCUT2D eigenvalue weighted by Gasteiger charge is -2.21. The number of aryl methyl sites for hydroxylation is 1. The molecule has 0 saturated carbocycles. The van der Waals surface area contributed by atoms with Gasteiger partial charge in [-0.2, -0.15) is 0 Å². The third-order valence-corrected chi connectivity index (χ3v) is 2.98. The van der Waals surface area contributed by atoms with Gasteiger partial charge in [0, 0.05) is 30.9 Å². The average molecular weight is 223 g/mol. The maximum Gasteiger partial charge on any atom is 0.108 e. The van der Waals surface area contributed by atoms with Crippen LogP contribution in [0.15, 0.2) is 12.4 Å². The smallest absolute Gasteiger partial charge is 0.108 e. The second kappa shape index (κ2) is 6.69. The third kappa shape index (κ3) is 3.63. The van der Waals surface area contributed by atoms with Gasteiger partial charge in [0.2, 0.25) is 0 Å². The van der Waals surface area contributed by atoms with E-state index in [2.05, 4.69) is 48.8 Å². The largest absolute Gasteiger partial charge is 0.332 e. The molecule has 3 heteroatoms. The predicted octanol–water partition coefficient (Wildman–Crippen LogP) is 2.78. The van der Waals surface area contributed by atoms with Gasteiger partial charge in [-0.15, -0.1) is 0 Å². The van der Waals surface area contributed by atoms with Crippen LogP contribution in [-0.4, -0.2) is 22.1 Å². The standard InChI is InChI=1S/C13H25N3/c1-5-7-14-11(3)10-12(4)16-9-8-15-13(16)6-2/h8-9,11-12,14H,5-7,10H2,1-4H3. The molecule has 2 unspecified atom stereocenters. The van der Waals surface area contributed by atoms with Crippen molar-refractivity contribution >= 4 is 0 Å². The lowest BCUT2D eigenvalue weighted by atomic mass is 10.1. The van der Waals surface area contributed by atoms with Crippen molar-refractivity contribution in [3.63, 3.8) is 0 Å². The Morgan fingerprint density at radius 3 is 2.75 bits per heavy atom. The van der Waals surface area contributed by atoms with E-state index >= 15 is 0 Å². The second-order valence-corrected chi connectivity index (χ2v) is 4.54. The van der Waals surface area contributed by atoms with Crippen LogP contribution >= 0.6 is 0 Å². The third-order valence-electron chi connectivity index (χ3n) is 2.98. The zero-order chi connectivity index (χ0) is 12.0. The first-order valence-electron chi connectivity index (χ1n) is 6.44. The van der Waals surface area contributed by atoms with Crippen molar-refractivity contribution < 1.29 is 0 Å². The summed E-state index contributed by atoms with van der Waals surface area (Å²) in [6.45, 7) is 10.00. The molecule has 1 rings (SSSR count). The van der Waals surface area contributed by atoms with Crippen molar-refractivity contribution in [1.82, 2.24) is 14.9 Å². The highest BCUT2D eigenvalue weighted by atomic mass is 15.1. The van der Waals surface area contributed by atoms with Crippen LogP contribution in [0.1, 0.15) is 52.4 Å². The zero-order valence-electron chi connectivity index (χ0n) is 11.0. The van der Waals surface area contributed by atoms with Crippen LogP contribution in [0.5, 0.6) is 0 Å². The molecule has 1 aromatic rings. The minimum atomic E-state index is 0.525. The highest BCUT2D eigenvalue weighted by Crippen LogP contribution is 2.15. The number of aromatic nitrogens is 2. The summed E-state index contributed by atoms with van der Waals surface area (Å²) >= 11 is 0. The molecule has 92 valence electrons. The van der Waals surface area contributed by atoms with Gasteiger partial charge in [-0.3, -0.25) is 0 Å². The van der Waals surface area contributed by atoms with E-state index in [4.69, 9.17) is 0 Å². The molecule has 0 aliphatic rings. The van der Waals surface area contributed by atoms with Crippen molar-refractivity contribution in [2.75, 3.05) is 6.54 Å². The first-order chi connectivity index (χ1) is 7.69.